The van der Waals surface area contributed by atoms with Gasteiger partial charge in [0.25, 0.3) is 0 Å². The number of hydrogen-bond acceptors (Lipinski definition) is 4. The van der Waals surface area contributed by atoms with E-state index in [1.165, 1.54) is 25.7 Å². The Labute approximate surface area is 165 Å². The normalized spacial score (nSPS) is 11.5. The van der Waals surface area contributed by atoms with E-state index in [0.717, 1.165) is 44.5 Å². The van der Waals surface area contributed by atoms with Gasteiger partial charge in [-0.25, -0.2) is 0 Å². The summed E-state index contributed by atoms with van der Waals surface area (Å²) < 4.78 is 22.6. The summed E-state index contributed by atoms with van der Waals surface area (Å²) in [7, 11) is 0. The van der Waals surface area contributed by atoms with Gasteiger partial charge in [0.05, 0.1) is 12.9 Å². The lowest BCUT2D eigenvalue weighted by molar-refractivity contribution is -0.146. The van der Waals surface area contributed by atoms with Gasteiger partial charge in [-0.05, 0) is 30.9 Å². The number of hydrogen-bond donors (Lipinski definition) is 0. The summed E-state index contributed by atoms with van der Waals surface area (Å²) in [6.45, 7) is 6.78. The van der Waals surface area contributed by atoms with Crippen LogP contribution in [0.5, 0.6) is 0 Å². The monoisotopic (exact) mass is 378 g/mol. The molecule has 0 amide bonds. The molecule has 0 bridgehead atoms. The summed E-state index contributed by atoms with van der Waals surface area (Å²) in [6.07, 6.45) is 12.3. The van der Waals surface area contributed by atoms with E-state index in [-0.39, 0.29) is 13.1 Å². The SMILES string of the molecule is CCCCCOC(CCC=COCOCc1ccccc1)OCCCCC. The quantitative estimate of drug-likeness (QED) is 0.173. The molecule has 4 heteroatoms. The molecule has 0 aliphatic heterocycles. The van der Waals surface area contributed by atoms with Crippen molar-refractivity contribution in [3.8, 4) is 0 Å². The average molecular weight is 379 g/mol. The predicted octanol–water partition coefficient (Wildman–Crippen LogP) is 6.21. The summed E-state index contributed by atoms with van der Waals surface area (Å²) in [5.41, 5.74) is 1.15. The van der Waals surface area contributed by atoms with Gasteiger partial charge in [-0.1, -0.05) is 69.9 Å². The second-order valence-electron chi connectivity index (χ2n) is 6.65. The zero-order valence-electron chi connectivity index (χ0n) is 17.2. The van der Waals surface area contributed by atoms with Crippen LogP contribution in [0.4, 0.5) is 0 Å². The molecule has 0 N–H and O–H groups in total. The molecule has 0 unspecified atom stereocenters. The van der Waals surface area contributed by atoms with Crippen molar-refractivity contribution in [2.45, 2.75) is 78.1 Å². The van der Waals surface area contributed by atoms with Crippen LogP contribution in [0, 0.1) is 0 Å². The number of allylic oxidation sites excluding steroid dienone is 1. The Morgan fingerprint density at radius 1 is 0.889 bits per heavy atom. The molecule has 0 saturated carbocycles. The highest BCUT2D eigenvalue weighted by molar-refractivity contribution is 5.13. The first kappa shape index (κ1) is 23.7. The van der Waals surface area contributed by atoms with Gasteiger partial charge < -0.3 is 18.9 Å². The number of unbranched alkanes of at least 4 members (excludes halogenated alkanes) is 4. The zero-order valence-corrected chi connectivity index (χ0v) is 17.2. The van der Waals surface area contributed by atoms with E-state index >= 15 is 0 Å². The second-order valence-corrected chi connectivity index (χ2v) is 6.65. The van der Waals surface area contributed by atoms with E-state index in [4.69, 9.17) is 18.9 Å². The van der Waals surface area contributed by atoms with Crippen LogP contribution in [0.2, 0.25) is 0 Å². The first-order valence-corrected chi connectivity index (χ1v) is 10.5. The Hall–Kier alpha value is -1.36. The summed E-state index contributed by atoms with van der Waals surface area (Å²) in [4.78, 5) is 0. The zero-order chi connectivity index (χ0) is 19.4. The molecule has 0 heterocycles. The fraction of sp³-hybridized carbons (Fsp3) is 0.652. The molecule has 1 aromatic carbocycles. The van der Waals surface area contributed by atoms with Crippen molar-refractivity contribution >= 4 is 0 Å². The molecule has 154 valence electrons. The largest absolute Gasteiger partial charge is 0.475 e. The molecule has 1 rings (SSSR count). The van der Waals surface area contributed by atoms with Gasteiger partial charge in [-0.2, -0.15) is 0 Å². The van der Waals surface area contributed by atoms with Gasteiger partial charge in [-0.3, -0.25) is 0 Å². The van der Waals surface area contributed by atoms with Crippen molar-refractivity contribution in [2.75, 3.05) is 20.0 Å². The Morgan fingerprint density at radius 2 is 1.56 bits per heavy atom. The minimum Gasteiger partial charge on any atom is -0.475 e. The molecule has 4 nitrogen and oxygen atoms in total. The molecule has 0 aromatic heterocycles. The maximum Gasteiger partial charge on any atom is 0.188 e. The maximum absolute atomic E-state index is 5.90. The van der Waals surface area contributed by atoms with Crippen molar-refractivity contribution in [1.29, 1.82) is 0 Å². The first-order chi connectivity index (χ1) is 13.4. The van der Waals surface area contributed by atoms with Crippen LogP contribution in [-0.4, -0.2) is 26.3 Å². The van der Waals surface area contributed by atoms with E-state index in [9.17, 15) is 0 Å². The van der Waals surface area contributed by atoms with Crippen molar-refractivity contribution in [3.05, 3.63) is 48.2 Å². The highest BCUT2D eigenvalue weighted by atomic mass is 16.7. The van der Waals surface area contributed by atoms with Gasteiger partial charge >= 0.3 is 0 Å². The molecule has 0 fully saturated rings. The molecule has 27 heavy (non-hydrogen) atoms. The van der Waals surface area contributed by atoms with Crippen LogP contribution >= 0.6 is 0 Å². The lowest BCUT2D eigenvalue weighted by atomic mass is 10.2. The number of ether oxygens (including phenoxy) is 4. The fourth-order valence-corrected chi connectivity index (χ4v) is 2.54. The first-order valence-electron chi connectivity index (χ1n) is 10.5. The summed E-state index contributed by atoms with van der Waals surface area (Å²) >= 11 is 0. The Kier molecular flexibility index (Phi) is 15.8. The third kappa shape index (κ3) is 14.4. The summed E-state index contributed by atoms with van der Waals surface area (Å²) in [5, 5.41) is 0. The minimum atomic E-state index is -0.113. The molecule has 0 spiro atoms. The van der Waals surface area contributed by atoms with Gasteiger partial charge in [0.1, 0.15) is 0 Å². The van der Waals surface area contributed by atoms with E-state index in [0.29, 0.717) is 6.61 Å². The van der Waals surface area contributed by atoms with Crippen LogP contribution in [0.25, 0.3) is 0 Å². The molecule has 0 aliphatic rings. The van der Waals surface area contributed by atoms with E-state index in [1.807, 2.05) is 36.4 Å². The molecule has 0 radical (unpaired) electrons. The predicted molar refractivity (Wildman–Crippen MR) is 110 cm³/mol. The second kappa shape index (κ2) is 18.0. The van der Waals surface area contributed by atoms with Gasteiger partial charge in [-0.15, -0.1) is 0 Å². The molecule has 1 aromatic rings. The van der Waals surface area contributed by atoms with Crippen molar-refractivity contribution < 1.29 is 18.9 Å². The molecule has 0 saturated heterocycles. The lowest BCUT2D eigenvalue weighted by Gasteiger charge is -2.18. The maximum atomic E-state index is 5.90. The lowest BCUT2D eigenvalue weighted by Crippen LogP contribution is -2.18. The third-order valence-electron chi connectivity index (χ3n) is 4.13. The van der Waals surface area contributed by atoms with Gasteiger partial charge in [0.2, 0.25) is 0 Å². The molecular formula is C23H38O4. The van der Waals surface area contributed by atoms with E-state index < -0.39 is 0 Å². The minimum absolute atomic E-state index is 0.113. The fourth-order valence-electron chi connectivity index (χ4n) is 2.54. The standard InChI is InChI=1S/C23H38O4/c1-3-5-11-18-26-23(27-19-12-6-4-2)16-10-13-17-24-21-25-20-22-14-8-7-9-15-22/h7-9,13-15,17,23H,3-6,10-12,16,18-21H2,1-2H3. The number of rotatable bonds is 18. The highest BCUT2D eigenvalue weighted by Crippen LogP contribution is 2.09. The Morgan fingerprint density at radius 3 is 2.19 bits per heavy atom. The van der Waals surface area contributed by atoms with Crippen molar-refractivity contribution in [3.63, 3.8) is 0 Å². The van der Waals surface area contributed by atoms with Crippen molar-refractivity contribution in [2.24, 2.45) is 0 Å². The van der Waals surface area contributed by atoms with Crippen molar-refractivity contribution in [1.82, 2.24) is 0 Å². The Bertz CT molecular complexity index is 435. The smallest absolute Gasteiger partial charge is 0.188 e. The van der Waals surface area contributed by atoms with E-state index in [1.54, 1.807) is 6.26 Å². The van der Waals surface area contributed by atoms with Crippen LogP contribution in [-0.2, 0) is 25.6 Å². The van der Waals surface area contributed by atoms with Crippen LogP contribution < -0.4 is 0 Å². The Balaban J connectivity index is 2.10. The van der Waals surface area contributed by atoms with Crippen LogP contribution in [0.3, 0.4) is 0 Å². The summed E-state index contributed by atoms with van der Waals surface area (Å²) in [5.74, 6) is 0. The van der Waals surface area contributed by atoms with Crippen LogP contribution in [0.1, 0.15) is 70.8 Å². The molecule has 0 aliphatic carbocycles. The molecular weight excluding hydrogens is 340 g/mol. The number of benzene rings is 1. The topological polar surface area (TPSA) is 36.9 Å². The highest BCUT2D eigenvalue weighted by Gasteiger charge is 2.08. The average Bonchev–Trinajstić information content (AvgIpc) is 2.70. The van der Waals surface area contributed by atoms with Crippen LogP contribution in [0.15, 0.2) is 42.7 Å². The van der Waals surface area contributed by atoms with E-state index in [2.05, 4.69) is 13.8 Å². The third-order valence-corrected chi connectivity index (χ3v) is 4.13. The van der Waals surface area contributed by atoms with Gasteiger partial charge in [0.15, 0.2) is 13.1 Å². The molecule has 0 atom stereocenters. The van der Waals surface area contributed by atoms with Gasteiger partial charge in [0, 0.05) is 19.6 Å². The summed E-state index contributed by atoms with van der Waals surface area (Å²) in [6, 6.07) is 10.1.